The highest BCUT2D eigenvalue weighted by Crippen LogP contribution is 2.41. The second-order valence-electron chi connectivity index (χ2n) is 7.05. The summed E-state index contributed by atoms with van der Waals surface area (Å²) in [6, 6.07) is 0. The third-order valence-corrected chi connectivity index (χ3v) is 5.91. The maximum Gasteiger partial charge on any atom is 0.312 e. The number of ether oxygens (including phenoxy) is 3. The maximum absolute atomic E-state index is 12.6. The summed E-state index contributed by atoms with van der Waals surface area (Å²) in [5.74, 6) is 0.540. The molecule has 22 heavy (non-hydrogen) atoms. The zero-order valence-electron chi connectivity index (χ0n) is 14.4. The molecule has 2 rings (SSSR count). The first-order valence-corrected chi connectivity index (χ1v) is 8.86. The smallest absolute Gasteiger partial charge is 0.312 e. The first-order chi connectivity index (χ1) is 10.6. The zero-order chi connectivity index (χ0) is 16.0. The number of hydrogen-bond acceptors (Lipinski definition) is 4. The molecular weight excluding hydrogens is 280 g/mol. The van der Waals surface area contributed by atoms with Crippen LogP contribution in [0.15, 0.2) is 0 Å². The van der Waals surface area contributed by atoms with Crippen LogP contribution >= 0.6 is 0 Å². The van der Waals surface area contributed by atoms with Crippen molar-refractivity contribution in [3.63, 3.8) is 0 Å². The molecule has 0 amide bonds. The van der Waals surface area contributed by atoms with E-state index in [9.17, 15) is 4.79 Å². The van der Waals surface area contributed by atoms with Crippen LogP contribution in [0.1, 0.15) is 64.7 Å². The highest BCUT2D eigenvalue weighted by molar-refractivity contribution is 5.77. The van der Waals surface area contributed by atoms with Gasteiger partial charge in [-0.05, 0) is 63.7 Å². The number of methoxy groups -OCH3 is 2. The van der Waals surface area contributed by atoms with Crippen LogP contribution in [0.3, 0.4) is 0 Å². The summed E-state index contributed by atoms with van der Waals surface area (Å²) in [5.41, 5.74) is -0.265. The van der Waals surface area contributed by atoms with E-state index in [4.69, 9.17) is 14.2 Å². The molecule has 0 heterocycles. The van der Waals surface area contributed by atoms with Crippen LogP contribution in [0, 0.1) is 11.3 Å². The Kier molecular flexibility index (Phi) is 6.69. The van der Waals surface area contributed by atoms with Gasteiger partial charge in [0, 0.05) is 14.2 Å². The van der Waals surface area contributed by atoms with Crippen LogP contribution in [0.2, 0.25) is 0 Å². The minimum atomic E-state index is -0.265. The lowest BCUT2D eigenvalue weighted by molar-refractivity contribution is -0.162. The topological polar surface area (TPSA) is 44.8 Å². The molecule has 0 saturated heterocycles. The molecule has 2 saturated carbocycles. The quantitative estimate of drug-likeness (QED) is 0.701. The zero-order valence-corrected chi connectivity index (χ0v) is 14.4. The van der Waals surface area contributed by atoms with Crippen molar-refractivity contribution in [2.45, 2.75) is 76.9 Å². The molecule has 2 fully saturated rings. The Balaban J connectivity index is 1.78. The molecule has 0 radical (unpaired) electrons. The predicted octanol–water partition coefficient (Wildman–Crippen LogP) is 3.72. The summed E-state index contributed by atoms with van der Waals surface area (Å²) >= 11 is 0. The molecule has 2 aliphatic carbocycles. The normalized spacial score (nSPS) is 36.0. The van der Waals surface area contributed by atoms with Gasteiger partial charge in [0.2, 0.25) is 0 Å². The first kappa shape index (κ1) is 17.7. The van der Waals surface area contributed by atoms with Crippen LogP contribution in [-0.4, -0.2) is 39.0 Å². The average Bonchev–Trinajstić information content (AvgIpc) is 2.60. The van der Waals surface area contributed by atoms with Crippen molar-refractivity contribution < 1.29 is 19.0 Å². The summed E-state index contributed by atoms with van der Waals surface area (Å²) in [7, 11) is 3.55. The Bertz CT molecular complexity index is 339. The van der Waals surface area contributed by atoms with Crippen molar-refractivity contribution in [1.82, 2.24) is 0 Å². The van der Waals surface area contributed by atoms with Crippen LogP contribution in [0.4, 0.5) is 0 Å². The Morgan fingerprint density at radius 1 is 0.955 bits per heavy atom. The largest absolute Gasteiger partial charge is 0.465 e. The van der Waals surface area contributed by atoms with Gasteiger partial charge in [0.1, 0.15) is 0 Å². The minimum absolute atomic E-state index is 0.0263. The molecular formula is C18H32O4. The molecule has 0 aromatic heterocycles. The lowest BCUT2D eigenvalue weighted by Crippen LogP contribution is -2.39. The van der Waals surface area contributed by atoms with Crippen molar-refractivity contribution in [2.75, 3.05) is 20.8 Å². The van der Waals surface area contributed by atoms with Crippen molar-refractivity contribution in [3.8, 4) is 0 Å². The fourth-order valence-electron chi connectivity index (χ4n) is 3.96. The second-order valence-corrected chi connectivity index (χ2v) is 7.05. The van der Waals surface area contributed by atoms with Crippen LogP contribution in [0.25, 0.3) is 0 Å². The molecule has 128 valence electrons. The van der Waals surface area contributed by atoms with E-state index < -0.39 is 0 Å². The van der Waals surface area contributed by atoms with Gasteiger partial charge in [-0.15, -0.1) is 0 Å². The van der Waals surface area contributed by atoms with Crippen molar-refractivity contribution in [1.29, 1.82) is 0 Å². The Hall–Kier alpha value is -0.610. The van der Waals surface area contributed by atoms with Crippen molar-refractivity contribution in [2.24, 2.45) is 11.3 Å². The lowest BCUT2D eigenvalue weighted by Gasteiger charge is -2.37. The molecule has 0 unspecified atom stereocenters. The van der Waals surface area contributed by atoms with Gasteiger partial charge < -0.3 is 14.2 Å². The number of carbonyl (C=O) groups is 1. The van der Waals surface area contributed by atoms with E-state index in [1.54, 1.807) is 14.2 Å². The Morgan fingerprint density at radius 3 is 2.00 bits per heavy atom. The third kappa shape index (κ3) is 4.23. The SMILES string of the molecule is CCC1(C(=O)OC[C@H]2CC[C@H](OC)CC2)CCC(OC)CC1. The van der Waals surface area contributed by atoms with Gasteiger partial charge in [-0.3, -0.25) is 4.79 Å². The fourth-order valence-corrected chi connectivity index (χ4v) is 3.96. The molecule has 0 aliphatic heterocycles. The number of carbonyl (C=O) groups excluding carboxylic acids is 1. The second kappa shape index (κ2) is 8.30. The molecule has 4 heteroatoms. The van der Waals surface area contributed by atoms with Gasteiger partial charge in [-0.25, -0.2) is 0 Å². The summed E-state index contributed by atoms with van der Waals surface area (Å²) in [5, 5.41) is 0. The number of rotatable bonds is 6. The monoisotopic (exact) mass is 312 g/mol. The van der Waals surface area contributed by atoms with Gasteiger partial charge in [0.15, 0.2) is 0 Å². The van der Waals surface area contributed by atoms with Gasteiger partial charge in [0.05, 0.1) is 24.2 Å². The maximum atomic E-state index is 12.6. The van der Waals surface area contributed by atoms with Crippen molar-refractivity contribution >= 4 is 5.97 Å². The molecule has 4 nitrogen and oxygen atoms in total. The van der Waals surface area contributed by atoms with E-state index in [2.05, 4.69) is 6.92 Å². The van der Waals surface area contributed by atoms with Gasteiger partial charge in [-0.2, -0.15) is 0 Å². The van der Waals surface area contributed by atoms with E-state index in [-0.39, 0.29) is 11.4 Å². The van der Waals surface area contributed by atoms with E-state index in [1.807, 2.05) is 0 Å². The van der Waals surface area contributed by atoms with Gasteiger partial charge in [-0.1, -0.05) is 6.92 Å². The molecule has 0 aromatic carbocycles. The summed E-state index contributed by atoms with van der Waals surface area (Å²) in [4.78, 5) is 12.6. The average molecular weight is 312 g/mol. The predicted molar refractivity (Wildman–Crippen MR) is 85.7 cm³/mol. The van der Waals surface area contributed by atoms with E-state index in [0.29, 0.717) is 24.7 Å². The Labute approximate surface area is 134 Å². The van der Waals surface area contributed by atoms with E-state index in [1.165, 1.54) is 0 Å². The molecule has 0 N–H and O–H groups in total. The Morgan fingerprint density at radius 2 is 1.50 bits per heavy atom. The standard InChI is InChI=1S/C18H32O4/c1-4-18(11-9-16(21-3)10-12-18)17(19)22-13-14-5-7-15(20-2)8-6-14/h14-16H,4-13H2,1-3H3/t14-,15-,16?,18?. The van der Waals surface area contributed by atoms with Crippen LogP contribution < -0.4 is 0 Å². The highest BCUT2D eigenvalue weighted by atomic mass is 16.5. The molecule has 0 aromatic rings. The van der Waals surface area contributed by atoms with Gasteiger partial charge >= 0.3 is 5.97 Å². The van der Waals surface area contributed by atoms with Crippen LogP contribution in [0.5, 0.6) is 0 Å². The summed E-state index contributed by atoms with van der Waals surface area (Å²) < 4.78 is 16.5. The van der Waals surface area contributed by atoms with E-state index in [0.717, 1.165) is 57.8 Å². The summed E-state index contributed by atoms with van der Waals surface area (Å²) in [6.45, 7) is 2.70. The fraction of sp³-hybridized carbons (Fsp3) is 0.944. The van der Waals surface area contributed by atoms with Crippen LogP contribution in [-0.2, 0) is 19.0 Å². The number of esters is 1. The molecule has 0 spiro atoms. The van der Waals surface area contributed by atoms with Crippen molar-refractivity contribution in [3.05, 3.63) is 0 Å². The third-order valence-electron chi connectivity index (χ3n) is 5.91. The van der Waals surface area contributed by atoms with Gasteiger partial charge in [0.25, 0.3) is 0 Å². The lowest BCUT2D eigenvalue weighted by atomic mass is 9.71. The van der Waals surface area contributed by atoms with E-state index >= 15 is 0 Å². The number of hydrogen-bond donors (Lipinski definition) is 0. The molecule has 0 atom stereocenters. The molecule has 2 aliphatic rings. The highest BCUT2D eigenvalue weighted by Gasteiger charge is 2.42. The minimum Gasteiger partial charge on any atom is -0.465 e. The summed E-state index contributed by atoms with van der Waals surface area (Å²) in [6.07, 6.45) is 9.73. The first-order valence-electron chi connectivity index (χ1n) is 8.86. The molecule has 0 bridgehead atoms.